The summed E-state index contributed by atoms with van der Waals surface area (Å²) in [6.45, 7) is 12.1. The van der Waals surface area contributed by atoms with Crippen LogP contribution >= 0.6 is 11.3 Å². The first-order valence-corrected chi connectivity index (χ1v) is 15.3. The average Bonchev–Trinajstić information content (AvgIpc) is 3.53. The number of aromatic nitrogens is 3. The smallest absolute Gasteiger partial charge is 0.417 e. The fourth-order valence-electron chi connectivity index (χ4n) is 5.42. The number of thiophene rings is 1. The van der Waals surface area contributed by atoms with Crippen LogP contribution in [-0.4, -0.2) is 61.0 Å². The standard InChI is InChI=1S/C30H39FN6O5S/c1-15-24-19(35-36(15)8)13-20(43-24)23-21-16(14-37(26(21)38)28(40)42-30(5,6)7)22(31)25(34-23)32-17-11-9-10-12-18(17)33-27(39)41-29(2,3)4/h13,17-18H,9-12,14H2,1-8H3,(H,32,34)(H,33,39)/t17-,18+/m1/s1. The third-order valence-corrected chi connectivity index (χ3v) is 8.67. The van der Waals surface area contributed by atoms with Crippen LogP contribution in [-0.2, 0) is 23.1 Å². The second kappa shape index (κ2) is 11.1. The molecule has 0 spiro atoms. The van der Waals surface area contributed by atoms with Crippen molar-refractivity contribution < 1.29 is 28.2 Å². The molecule has 0 aromatic carbocycles. The average molecular weight is 615 g/mol. The van der Waals surface area contributed by atoms with Gasteiger partial charge in [-0.15, -0.1) is 11.3 Å². The van der Waals surface area contributed by atoms with Crippen LogP contribution in [0.1, 0.15) is 88.8 Å². The molecule has 232 valence electrons. The second-order valence-corrected chi connectivity index (χ2v) is 14.2. The maximum Gasteiger partial charge on any atom is 0.417 e. The van der Waals surface area contributed by atoms with Gasteiger partial charge >= 0.3 is 12.2 Å². The zero-order valence-electron chi connectivity index (χ0n) is 25.9. The van der Waals surface area contributed by atoms with E-state index < -0.39 is 35.1 Å². The lowest BCUT2D eigenvalue weighted by molar-refractivity contribution is 0.0247. The molecule has 5 rings (SSSR count). The molecule has 1 aliphatic heterocycles. The van der Waals surface area contributed by atoms with Gasteiger partial charge in [0.15, 0.2) is 11.6 Å². The van der Waals surface area contributed by atoms with E-state index in [9.17, 15) is 14.4 Å². The van der Waals surface area contributed by atoms with E-state index in [1.54, 1.807) is 46.2 Å². The van der Waals surface area contributed by atoms with E-state index in [2.05, 4.69) is 20.7 Å². The second-order valence-electron chi connectivity index (χ2n) is 13.2. The normalized spacial score (nSPS) is 19.0. The van der Waals surface area contributed by atoms with Crippen LogP contribution in [0.15, 0.2) is 6.07 Å². The first-order chi connectivity index (χ1) is 20.0. The Morgan fingerprint density at radius 2 is 1.72 bits per heavy atom. The summed E-state index contributed by atoms with van der Waals surface area (Å²) in [7, 11) is 1.85. The van der Waals surface area contributed by atoms with Crippen molar-refractivity contribution in [1.82, 2.24) is 25.0 Å². The fourth-order valence-corrected chi connectivity index (χ4v) is 6.54. The summed E-state index contributed by atoms with van der Waals surface area (Å²) in [5, 5.41) is 10.7. The van der Waals surface area contributed by atoms with Crippen molar-refractivity contribution in [3.8, 4) is 10.6 Å². The highest BCUT2D eigenvalue weighted by Crippen LogP contribution is 2.41. The number of nitrogens with one attached hydrogen (secondary N) is 2. The molecule has 2 aliphatic rings. The van der Waals surface area contributed by atoms with Crippen molar-refractivity contribution >= 4 is 45.5 Å². The largest absolute Gasteiger partial charge is 0.444 e. The quantitative estimate of drug-likeness (QED) is 0.351. The lowest BCUT2D eigenvalue weighted by Gasteiger charge is -2.34. The van der Waals surface area contributed by atoms with Crippen molar-refractivity contribution in [2.75, 3.05) is 5.32 Å². The molecule has 3 amide bonds. The Balaban J connectivity index is 1.54. The third-order valence-electron chi connectivity index (χ3n) is 7.43. The molecule has 0 bridgehead atoms. The number of carbonyl (C=O) groups excluding carboxylic acids is 3. The van der Waals surface area contributed by atoms with Gasteiger partial charge in [-0.25, -0.2) is 23.9 Å². The monoisotopic (exact) mass is 614 g/mol. The zero-order valence-corrected chi connectivity index (χ0v) is 26.7. The van der Waals surface area contributed by atoms with Crippen LogP contribution in [0.25, 0.3) is 20.8 Å². The van der Waals surface area contributed by atoms with Gasteiger partial charge in [0.25, 0.3) is 5.91 Å². The Morgan fingerprint density at radius 1 is 1.07 bits per heavy atom. The summed E-state index contributed by atoms with van der Waals surface area (Å²) in [6, 6.07) is 1.17. The van der Waals surface area contributed by atoms with Crippen molar-refractivity contribution in [2.24, 2.45) is 7.05 Å². The van der Waals surface area contributed by atoms with Gasteiger partial charge in [0.05, 0.1) is 39.1 Å². The molecule has 1 aliphatic carbocycles. The van der Waals surface area contributed by atoms with Gasteiger partial charge in [0.1, 0.15) is 16.7 Å². The van der Waals surface area contributed by atoms with Gasteiger partial charge in [-0.1, -0.05) is 12.8 Å². The molecule has 0 unspecified atom stereocenters. The van der Waals surface area contributed by atoms with E-state index in [-0.39, 0.29) is 41.3 Å². The molecule has 43 heavy (non-hydrogen) atoms. The molecule has 1 fully saturated rings. The van der Waals surface area contributed by atoms with Crippen LogP contribution in [0.4, 0.5) is 19.8 Å². The summed E-state index contributed by atoms with van der Waals surface area (Å²) in [5.41, 5.74) is 0.555. The third kappa shape index (κ3) is 6.31. The Labute approximate surface area is 254 Å². The molecule has 2 atom stereocenters. The van der Waals surface area contributed by atoms with Crippen LogP contribution in [0, 0.1) is 12.7 Å². The topological polar surface area (TPSA) is 128 Å². The number of nitrogens with zero attached hydrogens (tertiary/aromatic N) is 4. The number of pyridine rings is 1. The van der Waals surface area contributed by atoms with E-state index in [0.717, 1.165) is 33.7 Å². The number of hydrogen-bond acceptors (Lipinski definition) is 9. The number of aryl methyl sites for hydroxylation is 2. The van der Waals surface area contributed by atoms with Crippen molar-refractivity contribution in [2.45, 2.75) is 104 Å². The number of carbonyl (C=O) groups is 3. The van der Waals surface area contributed by atoms with Gasteiger partial charge in [0, 0.05) is 18.7 Å². The van der Waals surface area contributed by atoms with E-state index in [4.69, 9.17) is 9.47 Å². The molecule has 1 saturated carbocycles. The van der Waals surface area contributed by atoms with Gasteiger partial charge in [-0.3, -0.25) is 9.48 Å². The van der Waals surface area contributed by atoms with Gasteiger partial charge < -0.3 is 20.1 Å². The number of anilines is 1. The molecule has 11 nitrogen and oxygen atoms in total. The Kier molecular flexibility index (Phi) is 7.91. The lowest BCUT2D eigenvalue weighted by Crippen LogP contribution is -2.50. The Hall–Kier alpha value is -3.74. The Bertz CT molecular complexity index is 1600. The van der Waals surface area contributed by atoms with Gasteiger partial charge in [0.2, 0.25) is 0 Å². The SMILES string of the molecule is Cc1c2sc(-c3nc(N[C@@H]4CCCC[C@@H]4NC(=O)OC(C)(C)C)c(F)c4c3C(=O)N(C(=O)OC(C)(C)C)C4)cc2nn1C. The summed E-state index contributed by atoms with van der Waals surface area (Å²) in [4.78, 5) is 45.5. The van der Waals surface area contributed by atoms with Crippen molar-refractivity contribution in [3.63, 3.8) is 0 Å². The molecule has 3 aromatic rings. The summed E-state index contributed by atoms with van der Waals surface area (Å²) in [6.07, 6.45) is 1.75. The highest BCUT2D eigenvalue weighted by Gasteiger charge is 2.41. The fraction of sp³-hybridized carbons (Fsp3) is 0.567. The van der Waals surface area contributed by atoms with Crippen LogP contribution < -0.4 is 10.6 Å². The van der Waals surface area contributed by atoms with Gasteiger partial charge in [-0.2, -0.15) is 5.10 Å². The summed E-state index contributed by atoms with van der Waals surface area (Å²) in [5.74, 6) is -1.42. The summed E-state index contributed by atoms with van der Waals surface area (Å²) >= 11 is 1.40. The predicted octanol–water partition coefficient (Wildman–Crippen LogP) is 6.28. The minimum atomic E-state index is -0.850. The minimum absolute atomic E-state index is 0.0342. The first kappa shape index (κ1) is 30.7. The number of alkyl carbamates (subject to hydrolysis) is 1. The number of hydrogen-bond donors (Lipinski definition) is 2. The molecule has 0 radical (unpaired) electrons. The van der Waals surface area contributed by atoms with Crippen molar-refractivity contribution in [1.29, 1.82) is 0 Å². The summed E-state index contributed by atoms with van der Waals surface area (Å²) < 4.78 is 29.9. The highest BCUT2D eigenvalue weighted by molar-refractivity contribution is 7.22. The maximum atomic E-state index is 16.3. The predicted molar refractivity (Wildman–Crippen MR) is 162 cm³/mol. The van der Waals surface area contributed by atoms with Crippen LogP contribution in [0.3, 0.4) is 0 Å². The molecule has 0 saturated heterocycles. The minimum Gasteiger partial charge on any atom is -0.444 e. The number of imide groups is 1. The van der Waals surface area contributed by atoms with Crippen molar-refractivity contribution in [3.05, 3.63) is 28.7 Å². The lowest BCUT2D eigenvalue weighted by atomic mass is 9.90. The number of amides is 3. The molecule has 13 heteroatoms. The molecule has 2 N–H and O–H groups in total. The number of ether oxygens (including phenoxy) is 2. The number of fused-ring (bicyclic) bond motifs is 2. The van der Waals surface area contributed by atoms with Gasteiger partial charge in [-0.05, 0) is 67.4 Å². The zero-order chi connectivity index (χ0) is 31.4. The molecular weight excluding hydrogens is 575 g/mol. The molecular formula is C30H39FN6O5S. The molecule has 4 heterocycles. The van der Waals surface area contributed by atoms with Crippen LogP contribution in [0.2, 0.25) is 0 Å². The van der Waals surface area contributed by atoms with Crippen LogP contribution in [0.5, 0.6) is 0 Å². The maximum absolute atomic E-state index is 16.3. The molecule has 3 aromatic heterocycles. The first-order valence-electron chi connectivity index (χ1n) is 14.5. The van der Waals surface area contributed by atoms with E-state index in [1.165, 1.54) is 11.3 Å². The van der Waals surface area contributed by atoms with E-state index in [1.807, 2.05) is 20.0 Å². The number of rotatable bonds is 4. The highest BCUT2D eigenvalue weighted by atomic mass is 32.1. The Morgan fingerprint density at radius 3 is 2.35 bits per heavy atom. The van der Waals surface area contributed by atoms with E-state index in [0.29, 0.717) is 17.7 Å². The van der Waals surface area contributed by atoms with E-state index >= 15 is 4.39 Å². The number of halogens is 1.